The second-order valence-electron chi connectivity index (χ2n) is 6.17. The van der Waals surface area contributed by atoms with Crippen molar-refractivity contribution in [2.75, 3.05) is 25.1 Å². The summed E-state index contributed by atoms with van der Waals surface area (Å²) < 4.78 is 21.2. The number of anilines is 1. The van der Waals surface area contributed by atoms with Crippen molar-refractivity contribution in [2.24, 2.45) is 0 Å². The van der Waals surface area contributed by atoms with Gasteiger partial charge in [0.15, 0.2) is 18.1 Å². The number of nitrogens with zero attached hydrogens (tertiary/aromatic N) is 2. The number of benzene rings is 2. The molecule has 9 nitrogen and oxygen atoms in total. The molecule has 1 aliphatic heterocycles. The first-order valence-corrected chi connectivity index (χ1v) is 9.11. The Balaban J connectivity index is 1.26. The highest BCUT2D eigenvalue weighted by atomic mass is 16.6. The van der Waals surface area contributed by atoms with Crippen LogP contribution in [-0.2, 0) is 14.3 Å². The molecule has 0 bridgehead atoms. The summed E-state index contributed by atoms with van der Waals surface area (Å²) in [6, 6.07) is 14.3. The number of nitrogens with one attached hydrogen (secondary N) is 1. The zero-order chi connectivity index (χ0) is 20.8. The third kappa shape index (κ3) is 4.82. The van der Waals surface area contributed by atoms with E-state index in [1.165, 1.54) is 6.08 Å². The normalized spacial score (nSPS) is 12.5. The van der Waals surface area contributed by atoms with Crippen LogP contribution < -0.4 is 14.8 Å². The van der Waals surface area contributed by atoms with Crippen LogP contribution >= 0.6 is 0 Å². The highest BCUT2D eigenvalue weighted by molar-refractivity contribution is 5.93. The Hall–Kier alpha value is -4.14. The minimum Gasteiger partial charge on any atom is -0.486 e. The van der Waals surface area contributed by atoms with Crippen LogP contribution in [0.2, 0.25) is 0 Å². The maximum absolute atomic E-state index is 11.9. The predicted molar refractivity (Wildman–Crippen MR) is 106 cm³/mol. The van der Waals surface area contributed by atoms with Crippen LogP contribution in [0.5, 0.6) is 11.5 Å². The van der Waals surface area contributed by atoms with Gasteiger partial charge < -0.3 is 18.6 Å². The summed E-state index contributed by atoms with van der Waals surface area (Å²) in [6.45, 7) is 0.491. The summed E-state index contributed by atoms with van der Waals surface area (Å²) >= 11 is 0. The van der Waals surface area contributed by atoms with Gasteiger partial charge in [-0.15, -0.1) is 5.10 Å². The van der Waals surface area contributed by atoms with E-state index in [-0.39, 0.29) is 11.9 Å². The Labute approximate surface area is 171 Å². The fraction of sp³-hybridized carbons (Fsp3) is 0.143. The third-order valence-corrected chi connectivity index (χ3v) is 4.02. The lowest BCUT2D eigenvalue weighted by atomic mass is 10.2. The van der Waals surface area contributed by atoms with Crippen LogP contribution in [0.1, 0.15) is 5.56 Å². The Morgan fingerprint density at radius 1 is 1.03 bits per heavy atom. The van der Waals surface area contributed by atoms with Gasteiger partial charge in [0.05, 0.1) is 0 Å². The van der Waals surface area contributed by atoms with Crippen LogP contribution in [0.3, 0.4) is 0 Å². The summed E-state index contributed by atoms with van der Waals surface area (Å²) in [6.07, 6.45) is 2.78. The second kappa shape index (κ2) is 8.91. The quantitative estimate of drug-likeness (QED) is 0.490. The largest absolute Gasteiger partial charge is 0.486 e. The number of amides is 1. The molecule has 0 unspecified atom stereocenters. The van der Waals surface area contributed by atoms with Crippen molar-refractivity contribution in [1.82, 2.24) is 10.2 Å². The number of hydrogen-bond acceptors (Lipinski definition) is 8. The molecular weight excluding hydrogens is 390 g/mol. The molecule has 0 radical (unpaired) electrons. The van der Waals surface area contributed by atoms with Crippen LogP contribution in [0.4, 0.5) is 6.01 Å². The van der Waals surface area contributed by atoms with Gasteiger partial charge in [-0.1, -0.05) is 29.4 Å². The Kier molecular flexibility index (Phi) is 5.70. The van der Waals surface area contributed by atoms with Gasteiger partial charge in [-0.2, -0.15) is 0 Å². The van der Waals surface area contributed by atoms with Crippen molar-refractivity contribution in [3.05, 3.63) is 60.2 Å². The molecule has 1 aromatic heterocycles. The highest BCUT2D eigenvalue weighted by Crippen LogP contribution is 2.31. The van der Waals surface area contributed by atoms with E-state index in [0.717, 1.165) is 11.1 Å². The molecule has 152 valence electrons. The number of hydrogen-bond donors (Lipinski definition) is 1. The first kappa shape index (κ1) is 19.2. The minimum atomic E-state index is -0.671. The molecule has 0 saturated carbocycles. The first-order valence-electron chi connectivity index (χ1n) is 9.11. The summed E-state index contributed by atoms with van der Waals surface area (Å²) in [5.41, 5.74) is 1.46. The Bertz CT molecular complexity index is 1080. The maximum atomic E-state index is 11.9. The topological polar surface area (TPSA) is 113 Å². The molecule has 1 amide bonds. The van der Waals surface area contributed by atoms with Crippen molar-refractivity contribution in [3.8, 4) is 23.0 Å². The monoisotopic (exact) mass is 407 g/mol. The molecule has 0 atom stereocenters. The molecule has 2 heterocycles. The summed E-state index contributed by atoms with van der Waals surface area (Å²) in [4.78, 5) is 23.8. The Morgan fingerprint density at radius 2 is 1.83 bits per heavy atom. The standard InChI is InChI=1S/C21H17N3O6/c25-18(22-21-24-23-20(30-21)15-4-2-1-3-5-15)13-29-19(26)9-7-14-6-8-16-17(12-14)28-11-10-27-16/h1-9,12H,10-11,13H2,(H,22,24,25)/b9-7+. The number of ether oxygens (including phenoxy) is 3. The van der Waals surface area contributed by atoms with Gasteiger partial charge in [-0.05, 0) is 35.9 Å². The van der Waals surface area contributed by atoms with E-state index in [2.05, 4.69) is 15.5 Å². The summed E-state index contributed by atoms with van der Waals surface area (Å²) in [5, 5.41) is 9.99. The molecule has 1 aliphatic rings. The zero-order valence-electron chi connectivity index (χ0n) is 15.7. The third-order valence-electron chi connectivity index (χ3n) is 4.02. The van der Waals surface area contributed by atoms with Gasteiger partial charge in [0.1, 0.15) is 13.2 Å². The molecule has 3 aromatic rings. The second-order valence-corrected chi connectivity index (χ2v) is 6.17. The highest BCUT2D eigenvalue weighted by Gasteiger charge is 2.13. The fourth-order valence-electron chi connectivity index (χ4n) is 2.64. The van der Waals surface area contributed by atoms with Crippen molar-refractivity contribution in [3.63, 3.8) is 0 Å². The van der Waals surface area contributed by atoms with E-state index in [0.29, 0.717) is 24.7 Å². The minimum absolute atomic E-state index is 0.0817. The van der Waals surface area contributed by atoms with E-state index >= 15 is 0 Å². The molecule has 0 aliphatic carbocycles. The number of carbonyl (C=O) groups excluding carboxylic acids is 2. The van der Waals surface area contributed by atoms with Crippen molar-refractivity contribution < 1.29 is 28.2 Å². The summed E-state index contributed by atoms with van der Waals surface area (Å²) in [7, 11) is 0. The molecule has 2 aromatic carbocycles. The number of aromatic nitrogens is 2. The number of esters is 1. The molecule has 9 heteroatoms. The van der Waals surface area contributed by atoms with Crippen LogP contribution in [-0.4, -0.2) is 41.9 Å². The van der Waals surface area contributed by atoms with Gasteiger partial charge in [0, 0.05) is 11.6 Å². The molecule has 30 heavy (non-hydrogen) atoms. The van der Waals surface area contributed by atoms with Crippen LogP contribution in [0.15, 0.2) is 59.0 Å². The molecular formula is C21H17N3O6. The lowest BCUT2D eigenvalue weighted by Crippen LogP contribution is -2.20. The van der Waals surface area contributed by atoms with Gasteiger partial charge in [0.2, 0.25) is 5.89 Å². The zero-order valence-corrected chi connectivity index (χ0v) is 15.7. The van der Waals surface area contributed by atoms with Crippen molar-refractivity contribution >= 4 is 24.0 Å². The maximum Gasteiger partial charge on any atom is 0.331 e. The van der Waals surface area contributed by atoms with E-state index in [1.54, 1.807) is 36.4 Å². The number of fused-ring (bicyclic) bond motifs is 1. The molecule has 1 N–H and O–H groups in total. The lowest BCUT2D eigenvalue weighted by Gasteiger charge is -2.18. The van der Waals surface area contributed by atoms with Crippen LogP contribution in [0.25, 0.3) is 17.5 Å². The molecule has 0 saturated heterocycles. The predicted octanol–water partition coefficient (Wildman–Crippen LogP) is 2.70. The first-order chi connectivity index (χ1) is 14.7. The number of rotatable bonds is 6. The summed E-state index contributed by atoms with van der Waals surface area (Å²) in [5.74, 6) is 0.278. The van der Waals surface area contributed by atoms with E-state index < -0.39 is 18.5 Å². The van der Waals surface area contributed by atoms with Crippen molar-refractivity contribution in [2.45, 2.75) is 0 Å². The van der Waals surface area contributed by atoms with Crippen molar-refractivity contribution in [1.29, 1.82) is 0 Å². The fourth-order valence-corrected chi connectivity index (χ4v) is 2.64. The van der Waals surface area contributed by atoms with E-state index in [4.69, 9.17) is 18.6 Å². The van der Waals surface area contributed by atoms with Gasteiger partial charge in [-0.3, -0.25) is 10.1 Å². The van der Waals surface area contributed by atoms with Gasteiger partial charge in [0.25, 0.3) is 5.91 Å². The average molecular weight is 407 g/mol. The smallest absolute Gasteiger partial charge is 0.331 e. The lowest BCUT2D eigenvalue weighted by molar-refractivity contribution is -0.142. The van der Waals surface area contributed by atoms with E-state index in [9.17, 15) is 9.59 Å². The number of carbonyl (C=O) groups is 2. The molecule has 4 rings (SSSR count). The van der Waals surface area contributed by atoms with Gasteiger partial charge >= 0.3 is 12.0 Å². The average Bonchev–Trinajstić information content (AvgIpc) is 3.25. The Morgan fingerprint density at radius 3 is 2.67 bits per heavy atom. The van der Waals surface area contributed by atoms with Gasteiger partial charge in [-0.25, -0.2) is 4.79 Å². The SMILES string of the molecule is O=C(COC(=O)/C=C/c1ccc2c(c1)OCCO2)Nc1nnc(-c2ccccc2)o1. The van der Waals surface area contributed by atoms with E-state index in [1.807, 2.05) is 18.2 Å². The molecule has 0 fully saturated rings. The molecule has 0 spiro atoms. The van der Waals surface area contributed by atoms with Crippen LogP contribution in [0, 0.1) is 0 Å².